The molecule has 0 spiro atoms. The Morgan fingerprint density at radius 3 is 2.62 bits per heavy atom. The number of hydrogen-bond donors (Lipinski definition) is 2. The highest BCUT2D eigenvalue weighted by Gasteiger charge is 2.13. The Morgan fingerprint density at radius 2 is 1.96 bits per heavy atom. The molecule has 1 heterocycles. The van der Waals surface area contributed by atoms with Crippen LogP contribution >= 0.6 is 0 Å². The topological polar surface area (TPSA) is 112 Å². The van der Waals surface area contributed by atoms with Crippen LogP contribution < -0.4 is 10.0 Å². The van der Waals surface area contributed by atoms with E-state index in [4.69, 9.17) is 0 Å². The van der Waals surface area contributed by atoms with Gasteiger partial charge >= 0.3 is 0 Å². The summed E-state index contributed by atoms with van der Waals surface area (Å²) >= 11 is 0. The number of aryl methyl sites for hydroxylation is 2. The fraction of sp³-hybridized carbons (Fsp3) is 0.278. The molecule has 26 heavy (non-hydrogen) atoms. The Labute approximate surface area is 153 Å². The van der Waals surface area contributed by atoms with Crippen molar-refractivity contribution < 1.29 is 13.2 Å². The first kappa shape index (κ1) is 19.6. The lowest BCUT2D eigenvalue weighted by molar-refractivity contribution is 0.0954. The summed E-state index contributed by atoms with van der Waals surface area (Å²) < 4.78 is 24.3. The highest BCUT2D eigenvalue weighted by atomic mass is 32.2. The molecular weight excluding hydrogens is 352 g/mol. The molecule has 1 aromatic heterocycles. The van der Waals surface area contributed by atoms with Gasteiger partial charge in [0.05, 0.1) is 17.5 Å². The van der Waals surface area contributed by atoms with Gasteiger partial charge < -0.3 is 5.32 Å². The first-order valence-electron chi connectivity index (χ1n) is 7.93. The molecule has 0 fully saturated rings. The maximum absolute atomic E-state index is 12.3. The van der Waals surface area contributed by atoms with E-state index in [0.29, 0.717) is 22.4 Å². The second-order valence-corrected chi connectivity index (χ2v) is 7.75. The van der Waals surface area contributed by atoms with Gasteiger partial charge in [-0.3, -0.25) is 9.78 Å². The van der Waals surface area contributed by atoms with Crippen molar-refractivity contribution in [1.82, 2.24) is 15.0 Å². The lowest BCUT2D eigenvalue weighted by Gasteiger charge is -2.10. The predicted molar refractivity (Wildman–Crippen MR) is 99.0 cm³/mol. The van der Waals surface area contributed by atoms with E-state index in [-0.39, 0.29) is 19.0 Å². The number of nitriles is 1. The van der Waals surface area contributed by atoms with Gasteiger partial charge in [0.1, 0.15) is 6.07 Å². The summed E-state index contributed by atoms with van der Waals surface area (Å²) in [5, 5.41) is 12.1. The average Bonchev–Trinajstić information content (AvgIpc) is 2.57. The highest BCUT2D eigenvalue weighted by molar-refractivity contribution is 7.88. The van der Waals surface area contributed by atoms with Gasteiger partial charge in [0.15, 0.2) is 0 Å². The predicted octanol–water partition coefficient (Wildman–Crippen LogP) is 1.52. The number of nitrogens with zero attached hydrogens (tertiary/aromatic N) is 2. The smallest absolute Gasteiger partial charge is 0.251 e. The van der Waals surface area contributed by atoms with E-state index in [9.17, 15) is 18.5 Å². The van der Waals surface area contributed by atoms with Crippen molar-refractivity contribution in [1.29, 1.82) is 5.26 Å². The van der Waals surface area contributed by atoms with Gasteiger partial charge in [0, 0.05) is 29.9 Å². The number of rotatable bonds is 6. The quantitative estimate of drug-likeness (QED) is 0.747. The molecule has 0 unspecified atom stereocenters. The van der Waals surface area contributed by atoms with Crippen LogP contribution in [0.5, 0.6) is 0 Å². The summed E-state index contributed by atoms with van der Waals surface area (Å²) in [4.78, 5) is 16.7. The van der Waals surface area contributed by atoms with Crippen LogP contribution in [0.2, 0.25) is 0 Å². The number of sulfonamides is 1. The molecule has 1 amide bonds. The molecule has 2 N–H and O–H groups in total. The standard InChI is InChI=1S/C18H20N4O3S/c1-12-9-13(2)22-17(16(12)11-19)14-5-4-6-15(10-14)18(23)20-7-8-21-26(3,24)25/h4-6,9-10,21H,7-8H2,1-3H3,(H,20,23). The van der Waals surface area contributed by atoms with E-state index in [2.05, 4.69) is 21.1 Å². The molecular formula is C18H20N4O3S. The number of amides is 1. The number of carbonyl (C=O) groups is 1. The summed E-state index contributed by atoms with van der Waals surface area (Å²) in [6, 6.07) is 10.8. The summed E-state index contributed by atoms with van der Waals surface area (Å²) in [6.45, 7) is 3.98. The zero-order valence-electron chi connectivity index (χ0n) is 14.8. The molecule has 0 aliphatic carbocycles. The summed E-state index contributed by atoms with van der Waals surface area (Å²) in [6.07, 6.45) is 1.06. The van der Waals surface area contributed by atoms with Crippen molar-refractivity contribution in [3.63, 3.8) is 0 Å². The van der Waals surface area contributed by atoms with Crippen molar-refractivity contribution in [2.24, 2.45) is 0 Å². The van der Waals surface area contributed by atoms with Crippen molar-refractivity contribution in [3.8, 4) is 17.3 Å². The van der Waals surface area contributed by atoms with E-state index < -0.39 is 10.0 Å². The summed E-state index contributed by atoms with van der Waals surface area (Å²) in [5.41, 5.74) is 3.72. The van der Waals surface area contributed by atoms with E-state index >= 15 is 0 Å². The molecule has 0 saturated heterocycles. The summed E-state index contributed by atoms with van der Waals surface area (Å²) in [5.74, 6) is -0.329. The third-order valence-electron chi connectivity index (χ3n) is 3.63. The highest BCUT2D eigenvalue weighted by Crippen LogP contribution is 2.25. The van der Waals surface area contributed by atoms with Crippen molar-refractivity contribution in [2.45, 2.75) is 13.8 Å². The van der Waals surface area contributed by atoms with Gasteiger partial charge in [-0.25, -0.2) is 13.1 Å². The zero-order chi connectivity index (χ0) is 19.3. The van der Waals surface area contributed by atoms with Gasteiger partial charge in [0.2, 0.25) is 10.0 Å². The Bertz CT molecular complexity index is 978. The maximum atomic E-state index is 12.3. The molecule has 7 nitrogen and oxygen atoms in total. The second-order valence-electron chi connectivity index (χ2n) is 5.92. The Hall–Kier alpha value is -2.76. The van der Waals surface area contributed by atoms with Gasteiger partial charge in [-0.2, -0.15) is 5.26 Å². The Balaban J connectivity index is 2.21. The van der Waals surface area contributed by atoms with E-state index in [1.54, 1.807) is 24.3 Å². The molecule has 8 heteroatoms. The molecule has 0 aliphatic rings. The Morgan fingerprint density at radius 1 is 1.23 bits per heavy atom. The summed E-state index contributed by atoms with van der Waals surface area (Å²) in [7, 11) is -3.29. The van der Waals surface area contributed by atoms with Gasteiger partial charge in [-0.1, -0.05) is 12.1 Å². The second kappa shape index (κ2) is 8.08. The molecule has 0 saturated carbocycles. The molecule has 0 bridgehead atoms. The minimum atomic E-state index is -3.29. The Kier molecular flexibility index (Phi) is 6.08. The number of pyridine rings is 1. The SMILES string of the molecule is Cc1cc(C)c(C#N)c(-c2cccc(C(=O)NCCNS(C)(=O)=O)c2)n1. The van der Waals surface area contributed by atoms with E-state index in [1.165, 1.54) is 0 Å². The minimum absolute atomic E-state index is 0.113. The monoisotopic (exact) mass is 372 g/mol. The molecule has 0 atom stereocenters. The number of hydrogen-bond acceptors (Lipinski definition) is 5. The van der Waals surface area contributed by atoms with Crippen LogP contribution in [0.4, 0.5) is 0 Å². The minimum Gasteiger partial charge on any atom is -0.351 e. The lowest BCUT2D eigenvalue weighted by Crippen LogP contribution is -2.34. The first-order valence-corrected chi connectivity index (χ1v) is 9.82. The van der Waals surface area contributed by atoms with Crippen molar-refractivity contribution >= 4 is 15.9 Å². The molecule has 2 aromatic rings. The molecule has 136 valence electrons. The average molecular weight is 372 g/mol. The van der Waals surface area contributed by atoms with Crippen LogP contribution in [0.25, 0.3) is 11.3 Å². The van der Waals surface area contributed by atoms with E-state index in [1.807, 2.05) is 19.9 Å². The number of nitrogens with one attached hydrogen (secondary N) is 2. The third kappa shape index (κ3) is 5.12. The fourth-order valence-corrected chi connectivity index (χ4v) is 2.98. The van der Waals surface area contributed by atoms with Crippen LogP contribution in [-0.4, -0.2) is 38.7 Å². The van der Waals surface area contributed by atoms with Gasteiger partial charge in [0.25, 0.3) is 5.91 Å². The normalized spacial score (nSPS) is 11.0. The van der Waals surface area contributed by atoms with Gasteiger partial charge in [-0.15, -0.1) is 0 Å². The van der Waals surface area contributed by atoms with Crippen LogP contribution in [0.3, 0.4) is 0 Å². The van der Waals surface area contributed by atoms with Crippen molar-refractivity contribution in [2.75, 3.05) is 19.3 Å². The van der Waals surface area contributed by atoms with Crippen molar-refractivity contribution in [3.05, 3.63) is 52.7 Å². The zero-order valence-corrected chi connectivity index (χ0v) is 15.6. The third-order valence-corrected chi connectivity index (χ3v) is 4.36. The van der Waals surface area contributed by atoms with Crippen LogP contribution in [-0.2, 0) is 10.0 Å². The molecule has 1 aromatic carbocycles. The van der Waals surface area contributed by atoms with Crippen LogP contribution in [0, 0.1) is 25.2 Å². The van der Waals surface area contributed by atoms with E-state index in [0.717, 1.165) is 17.5 Å². The first-order chi connectivity index (χ1) is 12.2. The molecule has 2 rings (SSSR count). The molecule has 0 aliphatic heterocycles. The largest absolute Gasteiger partial charge is 0.351 e. The van der Waals surface area contributed by atoms with Crippen LogP contribution in [0.15, 0.2) is 30.3 Å². The maximum Gasteiger partial charge on any atom is 0.251 e. The van der Waals surface area contributed by atoms with Gasteiger partial charge in [-0.05, 0) is 37.6 Å². The van der Waals surface area contributed by atoms with Crippen LogP contribution in [0.1, 0.15) is 27.2 Å². The number of benzene rings is 1. The number of aromatic nitrogens is 1. The lowest BCUT2D eigenvalue weighted by atomic mass is 10.00. The molecule has 0 radical (unpaired) electrons. The number of carbonyl (C=O) groups excluding carboxylic acids is 1. The fourth-order valence-electron chi connectivity index (χ4n) is 2.51.